The van der Waals surface area contributed by atoms with Crippen LogP contribution in [0.25, 0.3) is 10.8 Å². The molecule has 5 nitrogen and oxygen atoms in total. The van der Waals surface area contributed by atoms with Crippen LogP contribution in [0.2, 0.25) is 0 Å². The van der Waals surface area contributed by atoms with Gasteiger partial charge in [0.15, 0.2) is 0 Å². The molecule has 0 saturated carbocycles. The van der Waals surface area contributed by atoms with Crippen molar-refractivity contribution >= 4 is 22.6 Å². The van der Waals surface area contributed by atoms with E-state index in [0.29, 0.717) is 5.92 Å². The van der Waals surface area contributed by atoms with Gasteiger partial charge in [-0.15, -0.1) is 0 Å². The van der Waals surface area contributed by atoms with E-state index in [-0.39, 0.29) is 24.8 Å². The van der Waals surface area contributed by atoms with Crippen molar-refractivity contribution in [2.75, 3.05) is 19.6 Å². The molecule has 2 atom stereocenters. The van der Waals surface area contributed by atoms with E-state index in [1.165, 1.54) is 16.3 Å². The van der Waals surface area contributed by atoms with Gasteiger partial charge in [-0.1, -0.05) is 56.3 Å². The molecule has 1 amide bonds. The van der Waals surface area contributed by atoms with Crippen molar-refractivity contribution in [3.05, 3.63) is 48.0 Å². The van der Waals surface area contributed by atoms with E-state index in [1.807, 2.05) is 18.7 Å². The topological polar surface area (TPSA) is 69.6 Å². The van der Waals surface area contributed by atoms with Crippen molar-refractivity contribution in [1.29, 1.82) is 0 Å². The summed E-state index contributed by atoms with van der Waals surface area (Å²) in [6.07, 6.45) is 1.28. The smallest absolute Gasteiger partial charge is 0.303 e. The average Bonchev–Trinajstić information content (AvgIpc) is 3.13. The Morgan fingerprint density at radius 2 is 1.90 bits per heavy atom. The van der Waals surface area contributed by atoms with Gasteiger partial charge in [-0.3, -0.25) is 9.59 Å². The van der Waals surface area contributed by atoms with Crippen molar-refractivity contribution in [2.45, 2.75) is 46.1 Å². The molecule has 5 heteroatoms. The number of likely N-dealkylation sites (tertiary alicyclic amines) is 1. The minimum absolute atomic E-state index is 0.0140. The van der Waals surface area contributed by atoms with Gasteiger partial charge < -0.3 is 15.3 Å². The minimum Gasteiger partial charge on any atom is -0.481 e. The van der Waals surface area contributed by atoms with Crippen LogP contribution in [-0.2, 0) is 9.59 Å². The number of carboxylic acids is 1. The lowest BCUT2D eigenvalue weighted by Gasteiger charge is -2.25. The molecule has 1 heterocycles. The summed E-state index contributed by atoms with van der Waals surface area (Å²) in [4.78, 5) is 25.5. The van der Waals surface area contributed by atoms with E-state index in [4.69, 9.17) is 5.11 Å². The summed E-state index contributed by atoms with van der Waals surface area (Å²) in [5.41, 5.74) is 0.784. The van der Waals surface area contributed by atoms with Crippen LogP contribution in [0.3, 0.4) is 0 Å². The second-order valence-electron chi connectivity index (χ2n) is 9.10. The van der Waals surface area contributed by atoms with E-state index < -0.39 is 11.4 Å². The number of carbonyl (C=O) groups is 2. The largest absolute Gasteiger partial charge is 0.481 e. The van der Waals surface area contributed by atoms with Crippen LogP contribution in [0, 0.1) is 11.3 Å². The number of aliphatic carboxylic acids is 1. The van der Waals surface area contributed by atoms with Gasteiger partial charge in [-0.2, -0.15) is 0 Å². The number of rotatable bonds is 8. The first kappa shape index (κ1) is 21.3. The Kier molecular flexibility index (Phi) is 6.58. The lowest BCUT2D eigenvalue weighted by atomic mass is 9.85. The molecule has 156 valence electrons. The number of amides is 1. The molecule has 2 N–H and O–H groups in total. The van der Waals surface area contributed by atoms with Crippen molar-refractivity contribution in [3.63, 3.8) is 0 Å². The number of fused-ring (bicyclic) bond motifs is 1. The molecule has 0 radical (unpaired) electrons. The number of nitrogens with one attached hydrogen (secondary N) is 1. The second kappa shape index (κ2) is 8.95. The van der Waals surface area contributed by atoms with Gasteiger partial charge in [0, 0.05) is 32.1 Å². The molecule has 1 unspecified atom stereocenters. The molecule has 0 bridgehead atoms. The quantitative estimate of drug-likeness (QED) is 0.701. The standard InChI is InChI=1S/C24H32N2O3/c1-17(20-10-6-8-19-7-4-5-9-21(19)20)25-15-18-11-12-26(16-18)22(27)13-24(2,3)14-23(28)29/h4-10,17-18,25H,11-16H2,1-3H3,(H,28,29)/t17?,18-/m0/s1. The Hall–Kier alpha value is -2.40. The van der Waals surface area contributed by atoms with Crippen LogP contribution in [0.15, 0.2) is 42.5 Å². The number of nitrogens with zero attached hydrogens (tertiary/aromatic N) is 1. The summed E-state index contributed by atoms with van der Waals surface area (Å²) >= 11 is 0. The molecule has 1 aliphatic rings. The van der Waals surface area contributed by atoms with Crippen LogP contribution < -0.4 is 5.32 Å². The van der Waals surface area contributed by atoms with Crippen molar-refractivity contribution in [2.24, 2.45) is 11.3 Å². The van der Waals surface area contributed by atoms with Gasteiger partial charge >= 0.3 is 5.97 Å². The summed E-state index contributed by atoms with van der Waals surface area (Å²) in [7, 11) is 0. The Bertz CT molecular complexity index is 872. The molecule has 0 aromatic heterocycles. The van der Waals surface area contributed by atoms with Crippen LogP contribution in [-0.4, -0.2) is 41.5 Å². The predicted molar refractivity (Wildman–Crippen MR) is 116 cm³/mol. The fraction of sp³-hybridized carbons (Fsp3) is 0.500. The van der Waals surface area contributed by atoms with Crippen LogP contribution >= 0.6 is 0 Å². The van der Waals surface area contributed by atoms with Gasteiger partial charge in [0.2, 0.25) is 5.91 Å². The molecule has 0 aliphatic carbocycles. The predicted octanol–water partition coefficient (Wildman–Crippen LogP) is 4.23. The zero-order valence-electron chi connectivity index (χ0n) is 17.6. The minimum atomic E-state index is -0.853. The molecular formula is C24H32N2O3. The zero-order valence-corrected chi connectivity index (χ0v) is 17.6. The Balaban J connectivity index is 1.52. The van der Waals surface area contributed by atoms with E-state index in [1.54, 1.807) is 0 Å². The highest BCUT2D eigenvalue weighted by molar-refractivity contribution is 5.86. The number of carbonyl (C=O) groups excluding carboxylic acids is 1. The highest BCUT2D eigenvalue weighted by atomic mass is 16.4. The third-order valence-corrected chi connectivity index (χ3v) is 5.90. The van der Waals surface area contributed by atoms with Crippen LogP contribution in [0.5, 0.6) is 0 Å². The van der Waals surface area contributed by atoms with E-state index in [0.717, 1.165) is 26.1 Å². The van der Waals surface area contributed by atoms with Crippen molar-refractivity contribution < 1.29 is 14.7 Å². The molecule has 29 heavy (non-hydrogen) atoms. The highest BCUT2D eigenvalue weighted by Gasteiger charge is 2.31. The lowest BCUT2D eigenvalue weighted by molar-refractivity contribution is -0.140. The molecule has 2 aromatic rings. The molecule has 3 rings (SSSR count). The Labute approximate surface area is 173 Å². The summed E-state index contributed by atoms with van der Waals surface area (Å²) < 4.78 is 0. The van der Waals surface area contributed by atoms with E-state index in [2.05, 4.69) is 54.7 Å². The van der Waals surface area contributed by atoms with Crippen molar-refractivity contribution in [3.8, 4) is 0 Å². The Morgan fingerprint density at radius 1 is 1.17 bits per heavy atom. The molecule has 1 fully saturated rings. The lowest BCUT2D eigenvalue weighted by Crippen LogP contribution is -2.34. The SMILES string of the molecule is CC(NC[C@@H]1CCN(C(=O)CC(C)(C)CC(=O)O)C1)c1cccc2ccccc12. The van der Waals surface area contributed by atoms with Crippen molar-refractivity contribution in [1.82, 2.24) is 10.2 Å². The molecule has 1 aliphatic heterocycles. The number of carboxylic acid groups (broad SMARTS) is 1. The number of hydrogen-bond donors (Lipinski definition) is 2. The summed E-state index contributed by atoms with van der Waals surface area (Å²) in [5, 5.41) is 15.2. The summed E-state index contributed by atoms with van der Waals surface area (Å²) in [6.45, 7) is 8.26. The third kappa shape index (κ3) is 5.57. The Morgan fingerprint density at radius 3 is 2.66 bits per heavy atom. The first-order chi connectivity index (χ1) is 13.7. The molecule has 0 spiro atoms. The van der Waals surface area contributed by atoms with Crippen LogP contribution in [0.4, 0.5) is 0 Å². The maximum Gasteiger partial charge on any atom is 0.303 e. The van der Waals surface area contributed by atoms with Gasteiger partial charge in [0.25, 0.3) is 0 Å². The first-order valence-corrected chi connectivity index (χ1v) is 10.5. The zero-order chi connectivity index (χ0) is 21.0. The normalized spacial score (nSPS) is 18.2. The van der Waals surface area contributed by atoms with Gasteiger partial charge in [-0.25, -0.2) is 0 Å². The first-order valence-electron chi connectivity index (χ1n) is 10.5. The number of hydrogen-bond acceptors (Lipinski definition) is 3. The van der Waals surface area contributed by atoms with Crippen LogP contribution in [0.1, 0.15) is 51.6 Å². The van der Waals surface area contributed by atoms with E-state index >= 15 is 0 Å². The van der Waals surface area contributed by atoms with Gasteiger partial charge in [0.1, 0.15) is 0 Å². The maximum absolute atomic E-state index is 12.6. The maximum atomic E-state index is 12.6. The highest BCUT2D eigenvalue weighted by Crippen LogP contribution is 2.28. The summed E-state index contributed by atoms with van der Waals surface area (Å²) in [5.74, 6) is -0.353. The van der Waals surface area contributed by atoms with Gasteiger partial charge in [-0.05, 0) is 41.0 Å². The average molecular weight is 397 g/mol. The molecule has 1 saturated heterocycles. The monoisotopic (exact) mass is 396 g/mol. The number of benzene rings is 2. The fourth-order valence-corrected chi connectivity index (χ4v) is 4.30. The fourth-order valence-electron chi connectivity index (χ4n) is 4.30. The van der Waals surface area contributed by atoms with E-state index in [9.17, 15) is 9.59 Å². The summed E-state index contributed by atoms with van der Waals surface area (Å²) in [6, 6.07) is 15.1. The third-order valence-electron chi connectivity index (χ3n) is 5.90. The second-order valence-corrected chi connectivity index (χ2v) is 9.10. The molecule has 2 aromatic carbocycles. The van der Waals surface area contributed by atoms with Gasteiger partial charge in [0.05, 0.1) is 6.42 Å². The molecular weight excluding hydrogens is 364 g/mol.